The van der Waals surface area contributed by atoms with Crippen LogP contribution >= 0.6 is 0 Å². The van der Waals surface area contributed by atoms with Gasteiger partial charge in [0.15, 0.2) is 0 Å². The first kappa shape index (κ1) is 8.03. The molecule has 1 fully saturated rings. The Kier molecular flexibility index (Phi) is 2.29. The maximum atomic E-state index is 4.48. The molecule has 1 nitrogen and oxygen atoms in total. The summed E-state index contributed by atoms with van der Waals surface area (Å²) in [5, 5.41) is 0. The minimum absolute atomic E-state index is 1.08. The molecule has 0 N–H and O–H groups in total. The lowest BCUT2D eigenvalue weighted by atomic mass is 10.1. The third-order valence-electron chi connectivity index (χ3n) is 2.71. The molecule has 1 saturated carbocycles. The molecular formula is C11H17N. The van der Waals surface area contributed by atoms with Gasteiger partial charge in [0.2, 0.25) is 0 Å². The van der Waals surface area contributed by atoms with Gasteiger partial charge in [0.25, 0.3) is 0 Å². The van der Waals surface area contributed by atoms with Gasteiger partial charge in [-0.3, -0.25) is 4.99 Å². The van der Waals surface area contributed by atoms with E-state index < -0.39 is 0 Å². The van der Waals surface area contributed by atoms with E-state index in [4.69, 9.17) is 0 Å². The summed E-state index contributed by atoms with van der Waals surface area (Å²) >= 11 is 0. The fraction of sp³-hybridized carbons (Fsp3) is 0.727. The van der Waals surface area contributed by atoms with Crippen molar-refractivity contribution in [3.63, 3.8) is 0 Å². The van der Waals surface area contributed by atoms with E-state index in [1.54, 1.807) is 0 Å². The van der Waals surface area contributed by atoms with Gasteiger partial charge in [-0.1, -0.05) is 25.3 Å². The van der Waals surface area contributed by atoms with Crippen LogP contribution in [-0.2, 0) is 0 Å². The monoisotopic (exact) mass is 163 g/mol. The van der Waals surface area contributed by atoms with E-state index in [9.17, 15) is 0 Å². The average molecular weight is 163 g/mol. The number of hydrogen-bond donors (Lipinski definition) is 0. The van der Waals surface area contributed by atoms with Crippen LogP contribution in [0.1, 0.15) is 45.4 Å². The van der Waals surface area contributed by atoms with E-state index in [1.807, 2.05) is 0 Å². The highest BCUT2D eigenvalue weighted by Crippen LogP contribution is 2.34. The van der Waals surface area contributed by atoms with Crippen molar-refractivity contribution in [3.05, 3.63) is 11.8 Å². The summed E-state index contributed by atoms with van der Waals surface area (Å²) in [6.45, 7) is 2.12. The van der Waals surface area contributed by atoms with Crippen molar-refractivity contribution in [2.45, 2.75) is 45.4 Å². The van der Waals surface area contributed by atoms with Crippen LogP contribution in [0, 0.1) is 5.92 Å². The Labute approximate surface area is 74.6 Å². The number of allylic oxidation sites excluding steroid dienone is 2. The summed E-state index contributed by atoms with van der Waals surface area (Å²) in [7, 11) is 0. The first-order valence-electron chi connectivity index (χ1n) is 5.08. The fourth-order valence-electron chi connectivity index (χ4n) is 1.74. The lowest BCUT2D eigenvalue weighted by Crippen LogP contribution is -1.82. The van der Waals surface area contributed by atoms with E-state index in [1.165, 1.54) is 43.5 Å². The Morgan fingerprint density at radius 2 is 2.33 bits per heavy atom. The highest BCUT2D eigenvalue weighted by atomic mass is 14.8. The number of hydrogen-bond acceptors (Lipinski definition) is 1. The molecule has 0 amide bonds. The van der Waals surface area contributed by atoms with E-state index in [0.29, 0.717) is 0 Å². The standard InChI is InChI=1S/C11H17N/c1-9-5-8-11(12-9)4-2-3-10-6-7-10/h8,10H,2-7H2,1H3. The van der Waals surface area contributed by atoms with Crippen molar-refractivity contribution >= 4 is 5.71 Å². The Morgan fingerprint density at radius 3 is 2.92 bits per heavy atom. The molecule has 0 aromatic carbocycles. The van der Waals surface area contributed by atoms with Crippen LogP contribution in [0.4, 0.5) is 0 Å². The fourth-order valence-corrected chi connectivity index (χ4v) is 1.74. The first-order valence-corrected chi connectivity index (χ1v) is 5.08. The van der Waals surface area contributed by atoms with Crippen molar-refractivity contribution in [1.82, 2.24) is 0 Å². The van der Waals surface area contributed by atoms with Gasteiger partial charge in [-0.25, -0.2) is 0 Å². The molecule has 0 saturated heterocycles. The molecule has 0 radical (unpaired) electrons. The van der Waals surface area contributed by atoms with Crippen molar-refractivity contribution in [3.8, 4) is 0 Å². The predicted octanol–water partition coefficient (Wildman–Crippen LogP) is 3.32. The Bertz CT molecular complexity index is 221. The number of aliphatic imine (C=N–C) groups is 1. The second kappa shape index (κ2) is 3.42. The minimum atomic E-state index is 1.08. The van der Waals surface area contributed by atoms with Crippen LogP contribution < -0.4 is 0 Å². The summed E-state index contributed by atoms with van der Waals surface area (Å²) in [4.78, 5) is 4.48. The largest absolute Gasteiger partial charge is 0.263 e. The summed E-state index contributed by atoms with van der Waals surface area (Å²) in [5.41, 5.74) is 2.63. The lowest BCUT2D eigenvalue weighted by Gasteiger charge is -1.97. The minimum Gasteiger partial charge on any atom is -0.263 e. The van der Waals surface area contributed by atoms with Gasteiger partial charge >= 0.3 is 0 Å². The molecule has 2 aliphatic rings. The Balaban J connectivity index is 1.65. The highest BCUT2D eigenvalue weighted by molar-refractivity contribution is 5.86. The molecule has 0 aromatic heterocycles. The molecule has 0 aromatic rings. The van der Waals surface area contributed by atoms with E-state index in [2.05, 4.69) is 18.0 Å². The zero-order valence-electron chi connectivity index (χ0n) is 7.84. The second-order valence-corrected chi connectivity index (χ2v) is 4.08. The molecule has 0 spiro atoms. The highest BCUT2D eigenvalue weighted by Gasteiger charge is 2.20. The van der Waals surface area contributed by atoms with Gasteiger partial charge in [0, 0.05) is 17.8 Å². The van der Waals surface area contributed by atoms with E-state index in [0.717, 1.165) is 12.3 Å². The van der Waals surface area contributed by atoms with Gasteiger partial charge < -0.3 is 0 Å². The second-order valence-electron chi connectivity index (χ2n) is 4.08. The zero-order valence-corrected chi connectivity index (χ0v) is 7.84. The van der Waals surface area contributed by atoms with Crippen molar-refractivity contribution in [2.75, 3.05) is 0 Å². The number of rotatable bonds is 4. The Hall–Kier alpha value is -0.590. The van der Waals surface area contributed by atoms with Gasteiger partial charge in [0.05, 0.1) is 0 Å². The molecule has 0 atom stereocenters. The summed E-state index contributed by atoms with van der Waals surface area (Å²) in [6, 6.07) is 0. The normalized spacial score (nSPS) is 22.4. The molecular weight excluding hydrogens is 146 g/mol. The molecule has 2 rings (SSSR count). The van der Waals surface area contributed by atoms with Crippen LogP contribution in [0.5, 0.6) is 0 Å². The molecule has 1 aliphatic carbocycles. The van der Waals surface area contributed by atoms with Gasteiger partial charge in [-0.05, 0) is 25.7 Å². The van der Waals surface area contributed by atoms with Crippen molar-refractivity contribution in [2.24, 2.45) is 10.9 Å². The summed E-state index contributed by atoms with van der Waals surface area (Å²) < 4.78 is 0. The number of nitrogens with zero attached hydrogens (tertiary/aromatic N) is 1. The SMILES string of the molecule is CC1=NC(CCCC2CC2)=CC1. The van der Waals surface area contributed by atoms with Crippen molar-refractivity contribution < 1.29 is 0 Å². The molecule has 1 heterocycles. The Morgan fingerprint density at radius 1 is 1.50 bits per heavy atom. The van der Waals surface area contributed by atoms with Crippen LogP contribution in [0.25, 0.3) is 0 Å². The first-order chi connectivity index (χ1) is 5.84. The molecule has 0 unspecified atom stereocenters. The van der Waals surface area contributed by atoms with E-state index >= 15 is 0 Å². The van der Waals surface area contributed by atoms with Gasteiger partial charge in [-0.15, -0.1) is 0 Å². The van der Waals surface area contributed by atoms with E-state index in [-0.39, 0.29) is 0 Å². The molecule has 0 bridgehead atoms. The molecule has 12 heavy (non-hydrogen) atoms. The molecule has 66 valence electrons. The predicted molar refractivity (Wildman–Crippen MR) is 52.4 cm³/mol. The maximum absolute atomic E-state index is 4.48. The summed E-state index contributed by atoms with van der Waals surface area (Å²) in [6.07, 6.45) is 10.4. The van der Waals surface area contributed by atoms with Crippen LogP contribution in [0.15, 0.2) is 16.8 Å². The van der Waals surface area contributed by atoms with Crippen LogP contribution in [0.3, 0.4) is 0 Å². The smallest absolute Gasteiger partial charge is 0.0367 e. The summed E-state index contributed by atoms with van der Waals surface area (Å²) in [5.74, 6) is 1.08. The zero-order chi connectivity index (χ0) is 8.39. The lowest BCUT2D eigenvalue weighted by molar-refractivity contribution is 0.662. The van der Waals surface area contributed by atoms with Gasteiger partial charge in [-0.2, -0.15) is 0 Å². The maximum Gasteiger partial charge on any atom is 0.0367 e. The van der Waals surface area contributed by atoms with Gasteiger partial charge in [0.1, 0.15) is 0 Å². The quantitative estimate of drug-likeness (QED) is 0.603. The van der Waals surface area contributed by atoms with Crippen LogP contribution in [0.2, 0.25) is 0 Å². The van der Waals surface area contributed by atoms with Crippen molar-refractivity contribution in [1.29, 1.82) is 0 Å². The van der Waals surface area contributed by atoms with Crippen LogP contribution in [-0.4, -0.2) is 5.71 Å². The average Bonchev–Trinajstić information content (AvgIpc) is 2.76. The third-order valence-corrected chi connectivity index (χ3v) is 2.71. The topological polar surface area (TPSA) is 12.4 Å². The molecule has 1 heteroatoms. The molecule has 1 aliphatic heterocycles. The third kappa shape index (κ3) is 2.20.